The van der Waals surface area contributed by atoms with Crippen LogP contribution in [0.15, 0.2) is 29.4 Å². The second kappa shape index (κ2) is 7.62. The third-order valence-electron chi connectivity index (χ3n) is 2.74. The molecule has 0 aliphatic rings. The van der Waals surface area contributed by atoms with Gasteiger partial charge in [-0.2, -0.15) is 0 Å². The van der Waals surface area contributed by atoms with Crippen molar-refractivity contribution in [2.24, 2.45) is 5.16 Å². The Labute approximate surface area is 119 Å². The van der Waals surface area contributed by atoms with Gasteiger partial charge in [-0.15, -0.1) is 0 Å². The summed E-state index contributed by atoms with van der Waals surface area (Å²) in [7, 11) is 0. The Morgan fingerprint density at radius 1 is 1.25 bits per heavy atom. The fourth-order valence-electron chi connectivity index (χ4n) is 1.99. The first-order chi connectivity index (χ1) is 9.41. The highest BCUT2D eigenvalue weighted by Gasteiger charge is 2.20. The molecule has 0 unspecified atom stereocenters. The number of carbonyl (C=O) groups excluding carboxylic acids is 1. The molecule has 0 aliphatic heterocycles. The number of hydrogen-bond acceptors (Lipinski definition) is 3. The SMILES string of the molecule is CC(C)N(C(=O)CO/N=C/c1ccc(F)cc1)C(C)C. The first kappa shape index (κ1) is 16.1. The average molecular weight is 280 g/mol. The molecule has 1 amide bonds. The molecule has 5 heteroatoms. The minimum atomic E-state index is -0.303. The van der Waals surface area contributed by atoms with Gasteiger partial charge in [-0.1, -0.05) is 17.3 Å². The van der Waals surface area contributed by atoms with Crippen LogP contribution in [0.5, 0.6) is 0 Å². The molecule has 0 heterocycles. The van der Waals surface area contributed by atoms with Crippen molar-refractivity contribution in [3.8, 4) is 0 Å². The first-order valence-electron chi connectivity index (χ1n) is 6.64. The van der Waals surface area contributed by atoms with Crippen LogP contribution >= 0.6 is 0 Å². The molecular formula is C15H21FN2O2. The quantitative estimate of drug-likeness (QED) is 0.594. The highest BCUT2D eigenvalue weighted by Crippen LogP contribution is 2.06. The maximum atomic E-state index is 12.7. The van der Waals surface area contributed by atoms with Gasteiger partial charge in [-0.3, -0.25) is 4.79 Å². The summed E-state index contributed by atoms with van der Waals surface area (Å²) in [5, 5.41) is 3.72. The molecule has 1 rings (SSSR count). The summed E-state index contributed by atoms with van der Waals surface area (Å²) in [6.07, 6.45) is 1.45. The van der Waals surface area contributed by atoms with Gasteiger partial charge in [-0.25, -0.2) is 4.39 Å². The maximum absolute atomic E-state index is 12.7. The van der Waals surface area contributed by atoms with E-state index in [1.54, 1.807) is 17.0 Å². The number of rotatable bonds is 6. The Hall–Kier alpha value is -1.91. The van der Waals surface area contributed by atoms with Gasteiger partial charge in [0.1, 0.15) is 5.82 Å². The zero-order chi connectivity index (χ0) is 15.1. The molecule has 0 aromatic heterocycles. The number of benzene rings is 1. The van der Waals surface area contributed by atoms with Crippen LogP contribution in [-0.4, -0.2) is 35.7 Å². The predicted octanol–water partition coefficient (Wildman–Crippen LogP) is 2.82. The Morgan fingerprint density at radius 3 is 2.30 bits per heavy atom. The number of hydrogen-bond donors (Lipinski definition) is 0. The predicted molar refractivity (Wildman–Crippen MR) is 77.1 cm³/mol. The summed E-state index contributed by atoms with van der Waals surface area (Å²) < 4.78 is 12.7. The molecule has 0 bridgehead atoms. The molecule has 0 saturated heterocycles. The normalized spacial score (nSPS) is 11.3. The number of amides is 1. The van der Waals surface area contributed by atoms with Gasteiger partial charge in [0.25, 0.3) is 5.91 Å². The molecule has 1 aromatic rings. The molecule has 0 saturated carbocycles. The third kappa shape index (κ3) is 4.99. The van der Waals surface area contributed by atoms with E-state index in [0.29, 0.717) is 5.56 Å². The van der Waals surface area contributed by atoms with Gasteiger partial charge < -0.3 is 9.74 Å². The highest BCUT2D eigenvalue weighted by atomic mass is 19.1. The zero-order valence-corrected chi connectivity index (χ0v) is 12.3. The smallest absolute Gasteiger partial charge is 0.263 e. The lowest BCUT2D eigenvalue weighted by atomic mass is 10.2. The van der Waals surface area contributed by atoms with Gasteiger partial charge in [0.05, 0.1) is 6.21 Å². The van der Waals surface area contributed by atoms with Crippen molar-refractivity contribution in [2.45, 2.75) is 39.8 Å². The Morgan fingerprint density at radius 2 is 1.80 bits per heavy atom. The summed E-state index contributed by atoms with van der Waals surface area (Å²) in [5.74, 6) is -0.408. The molecule has 4 nitrogen and oxygen atoms in total. The van der Waals surface area contributed by atoms with Gasteiger partial charge in [-0.05, 0) is 45.4 Å². The summed E-state index contributed by atoms with van der Waals surface area (Å²) in [6, 6.07) is 6.08. The fourth-order valence-corrected chi connectivity index (χ4v) is 1.99. The van der Waals surface area contributed by atoms with Gasteiger partial charge in [0.15, 0.2) is 6.61 Å². The summed E-state index contributed by atoms with van der Waals surface area (Å²) >= 11 is 0. The van der Waals surface area contributed by atoms with Crippen molar-refractivity contribution in [1.82, 2.24) is 4.90 Å². The van der Waals surface area contributed by atoms with E-state index in [1.165, 1.54) is 18.3 Å². The van der Waals surface area contributed by atoms with Crippen LogP contribution < -0.4 is 0 Å². The van der Waals surface area contributed by atoms with E-state index >= 15 is 0 Å². The van der Waals surface area contributed by atoms with Crippen LogP contribution in [0.3, 0.4) is 0 Å². The van der Waals surface area contributed by atoms with E-state index in [2.05, 4.69) is 5.16 Å². The zero-order valence-electron chi connectivity index (χ0n) is 12.3. The monoisotopic (exact) mass is 280 g/mol. The van der Waals surface area contributed by atoms with Crippen molar-refractivity contribution in [2.75, 3.05) is 6.61 Å². The maximum Gasteiger partial charge on any atom is 0.263 e. The van der Waals surface area contributed by atoms with E-state index in [9.17, 15) is 9.18 Å². The first-order valence-corrected chi connectivity index (χ1v) is 6.64. The van der Waals surface area contributed by atoms with E-state index in [-0.39, 0.29) is 30.4 Å². The second-order valence-corrected chi connectivity index (χ2v) is 5.05. The Balaban J connectivity index is 2.47. The fraction of sp³-hybridized carbons (Fsp3) is 0.467. The van der Waals surface area contributed by atoms with Crippen LogP contribution in [0.1, 0.15) is 33.3 Å². The van der Waals surface area contributed by atoms with E-state index in [0.717, 1.165) is 0 Å². The molecular weight excluding hydrogens is 259 g/mol. The van der Waals surface area contributed by atoms with Crippen LogP contribution in [0.2, 0.25) is 0 Å². The number of carbonyl (C=O) groups is 1. The molecule has 0 aliphatic carbocycles. The van der Waals surface area contributed by atoms with Crippen LogP contribution in [0, 0.1) is 5.82 Å². The third-order valence-corrected chi connectivity index (χ3v) is 2.74. The molecule has 0 fully saturated rings. The van der Waals surface area contributed by atoms with Crippen molar-refractivity contribution >= 4 is 12.1 Å². The standard InChI is InChI=1S/C15H21FN2O2/c1-11(2)18(12(3)4)15(19)10-20-17-9-13-5-7-14(16)8-6-13/h5-9,11-12H,10H2,1-4H3/b17-9+. The molecule has 1 aromatic carbocycles. The minimum absolute atomic E-state index is 0.103. The van der Waals surface area contributed by atoms with Crippen LogP contribution in [0.25, 0.3) is 0 Å². The number of oxime groups is 1. The van der Waals surface area contributed by atoms with Crippen molar-refractivity contribution in [3.63, 3.8) is 0 Å². The Kier molecular flexibility index (Phi) is 6.15. The summed E-state index contributed by atoms with van der Waals surface area (Å²) in [6.45, 7) is 7.73. The average Bonchev–Trinajstić information content (AvgIpc) is 2.36. The Bertz CT molecular complexity index is 447. The van der Waals surface area contributed by atoms with Crippen molar-refractivity contribution in [3.05, 3.63) is 35.6 Å². The number of nitrogens with zero attached hydrogens (tertiary/aromatic N) is 2. The van der Waals surface area contributed by atoms with Gasteiger partial charge >= 0.3 is 0 Å². The number of halogens is 1. The molecule has 20 heavy (non-hydrogen) atoms. The van der Waals surface area contributed by atoms with Crippen LogP contribution in [0.4, 0.5) is 4.39 Å². The largest absolute Gasteiger partial charge is 0.386 e. The topological polar surface area (TPSA) is 41.9 Å². The van der Waals surface area contributed by atoms with Crippen molar-refractivity contribution in [1.29, 1.82) is 0 Å². The second-order valence-electron chi connectivity index (χ2n) is 5.05. The molecule has 0 N–H and O–H groups in total. The highest BCUT2D eigenvalue weighted by molar-refractivity contribution is 5.80. The van der Waals surface area contributed by atoms with Crippen LogP contribution in [-0.2, 0) is 9.63 Å². The van der Waals surface area contributed by atoms with Gasteiger partial charge in [0, 0.05) is 12.1 Å². The lowest BCUT2D eigenvalue weighted by Gasteiger charge is -2.30. The molecule has 0 atom stereocenters. The summed E-state index contributed by atoms with van der Waals surface area (Å²) in [4.78, 5) is 18.7. The van der Waals surface area contributed by atoms with E-state index < -0.39 is 0 Å². The lowest BCUT2D eigenvalue weighted by Crippen LogP contribution is -2.43. The molecule has 110 valence electrons. The van der Waals surface area contributed by atoms with Crippen molar-refractivity contribution < 1.29 is 14.0 Å². The minimum Gasteiger partial charge on any atom is -0.386 e. The van der Waals surface area contributed by atoms with E-state index in [1.807, 2.05) is 27.7 Å². The lowest BCUT2D eigenvalue weighted by molar-refractivity contribution is -0.139. The summed E-state index contributed by atoms with van der Waals surface area (Å²) in [5.41, 5.74) is 0.712. The molecule has 0 radical (unpaired) electrons. The van der Waals surface area contributed by atoms with E-state index in [4.69, 9.17) is 4.84 Å². The molecule has 0 spiro atoms. The van der Waals surface area contributed by atoms with Gasteiger partial charge in [0.2, 0.25) is 0 Å².